The maximum absolute atomic E-state index is 9.73. The fourth-order valence-electron chi connectivity index (χ4n) is 3.99. The van der Waals surface area contributed by atoms with Crippen molar-refractivity contribution in [2.24, 2.45) is 0 Å². The number of benzene rings is 2. The quantitative estimate of drug-likeness (QED) is 0.555. The zero-order valence-corrected chi connectivity index (χ0v) is 18.3. The van der Waals surface area contributed by atoms with Crippen LogP contribution in [0.1, 0.15) is 24.0 Å². The van der Waals surface area contributed by atoms with E-state index in [-0.39, 0.29) is 0 Å². The number of phenols is 1. The molecule has 1 aromatic heterocycles. The van der Waals surface area contributed by atoms with Crippen molar-refractivity contribution in [2.75, 3.05) is 26.2 Å². The average molecular weight is 440 g/mol. The third kappa shape index (κ3) is 4.20. The van der Waals surface area contributed by atoms with Gasteiger partial charge in [0.05, 0.1) is 0 Å². The minimum absolute atomic E-state index is 0.322. The molecule has 3 nitrogen and oxygen atoms in total. The Morgan fingerprint density at radius 3 is 2.18 bits per heavy atom. The van der Waals surface area contributed by atoms with Gasteiger partial charge in [0.1, 0.15) is 0 Å². The summed E-state index contributed by atoms with van der Waals surface area (Å²) < 4.78 is 6.01. The molecule has 146 valence electrons. The molecule has 0 aliphatic carbocycles. The molecule has 2 aromatic carbocycles. The van der Waals surface area contributed by atoms with Crippen LogP contribution in [0.15, 0.2) is 46.3 Å². The molecule has 1 fully saturated rings. The topological polar surface area (TPSA) is 32.7 Å². The normalized spacial score (nSPS) is 14.5. The van der Waals surface area contributed by atoms with Crippen LogP contribution >= 0.6 is 0 Å². The molecular weight excluding hydrogens is 413 g/mol. The summed E-state index contributed by atoms with van der Waals surface area (Å²) in [7, 11) is 0. The maximum atomic E-state index is 9.73. The van der Waals surface area contributed by atoms with Gasteiger partial charge in [-0.05, 0) is 0 Å². The number of likely N-dealkylation sites (tertiary alicyclic amines) is 1. The van der Waals surface area contributed by atoms with E-state index in [1.807, 2.05) is 12.1 Å². The third-order valence-corrected chi connectivity index (χ3v) is 7.09. The fraction of sp³-hybridized carbons (Fsp3) is 0.333. The number of phenolic OH excluding ortho intramolecular Hbond substituents is 1. The number of hydrogen-bond acceptors (Lipinski definition) is 3. The van der Waals surface area contributed by atoms with Crippen molar-refractivity contribution >= 4 is 14.5 Å². The van der Waals surface area contributed by atoms with Crippen LogP contribution in [0.5, 0.6) is 11.5 Å². The van der Waals surface area contributed by atoms with Gasteiger partial charge < -0.3 is 0 Å². The Morgan fingerprint density at radius 1 is 0.893 bits per heavy atom. The molecule has 4 rings (SSSR count). The van der Waals surface area contributed by atoms with Crippen molar-refractivity contribution in [1.82, 2.24) is 4.90 Å². The van der Waals surface area contributed by atoms with Gasteiger partial charge in [0.15, 0.2) is 0 Å². The molecule has 1 N–H and O–H groups in total. The van der Waals surface area contributed by atoms with E-state index in [0.29, 0.717) is 20.3 Å². The van der Waals surface area contributed by atoms with Crippen LogP contribution in [0.25, 0.3) is 22.3 Å². The summed E-state index contributed by atoms with van der Waals surface area (Å²) in [5, 5.41) is 9.73. The van der Waals surface area contributed by atoms with Gasteiger partial charge in [0.25, 0.3) is 0 Å². The summed E-state index contributed by atoms with van der Waals surface area (Å²) in [6.07, 6.45) is 2.64. The molecule has 0 bridgehead atoms. The Kier molecular flexibility index (Phi) is 5.91. The van der Waals surface area contributed by atoms with Crippen LogP contribution < -0.4 is 4.74 Å². The zero-order chi connectivity index (χ0) is 19.5. The summed E-state index contributed by atoms with van der Waals surface area (Å²) in [6, 6.07) is 12.1. The number of aryl methyl sites for hydroxylation is 2. The van der Waals surface area contributed by atoms with Gasteiger partial charge in [-0.15, -0.1) is 0 Å². The predicted molar refractivity (Wildman–Crippen MR) is 117 cm³/mol. The average Bonchev–Trinajstić information content (AvgIpc) is 3.34. The molecule has 0 atom stereocenters. The molecule has 28 heavy (non-hydrogen) atoms. The summed E-state index contributed by atoms with van der Waals surface area (Å²) in [4.78, 5) is 7.16. The van der Waals surface area contributed by atoms with Crippen molar-refractivity contribution in [1.29, 1.82) is 0 Å². The second kappa shape index (κ2) is 8.57. The van der Waals surface area contributed by atoms with Gasteiger partial charge >= 0.3 is 173 Å². The Balaban J connectivity index is 1.53. The van der Waals surface area contributed by atoms with Gasteiger partial charge in [-0.1, -0.05) is 0 Å². The molecule has 0 radical (unpaired) electrons. The number of rotatable bonds is 6. The van der Waals surface area contributed by atoms with E-state index in [9.17, 15) is 5.11 Å². The van der Waals surface area contributed by atoms with Crippen LogP contribution in [0.2, 0.25) is 0 Å². The summed E-state index contributed by atoms with van der Waals surface area (Å²) in [6.45, 7) is 8.41. The van der Waals surface area contributed by atoms with E-state index < -0.39 is 0 Å². The van der Waals surface area contributed by atoms with Crippen LogP contribution in [-0.2, 0) is 0 Å². The van der Waals surface area contributed by atoms with Crippen LogP contribution in [0.4, 0.5) is 0 Å². The van der Waals surface area contributed by atoms with E-state index >= 15 is 0 Å². The Bertz CT molecular complexity index is 957. The van der Waals surface area contributed by atoms with Crippen molar-refractivity contribution in [2.45, 2.75) is 26.7 Å². The van der Waals surface area contributed by atoms with Crippen LogP contribution in [0.3, 0.4) is 0 Å². The number of aromatic hydroxyl groups is 1. The SMILES string of the molecule is Cc1cc(O)ccc1-c1c[se]cc1-c1ccc(OCCN2CCCC2)cc1C. The molecule has 0 spiro atoms. The van der Waals surface area contributed by atoms with E-state index in [2.05, 4.69) is 46.8 Å². The first kappa shape index (κ1) is 19.3. The summed E-state index contributed by atoms with van der Waals surface area (Å²) in [5.41, 5.74) is 7.40. The molecule has 1 saturated heterocycles. The second-order valence-corrected chi connectivity index (χ2v) is 9.13. The standard InChI is InChI=1S/C24H27NO2Se/c1-17-13-19(26)5-7-21(17)23-15-28-16-24(23)22-8-6-20(14-18(22)2)27-12-11-25-9-3-4-10-25/h5-8,13-16,26H,3-4,9-12H2,1-2H3. The van der Waals surface area contributed by atoms with Gasteiger partial charge in [0.2, 0.25) is 0 Å². The Labute approximate surface area is 173 Å². The predicted octanol–water partition coefficient (Wildman–Crippen LogP) is 4.87. The van der Waals surface area contributed by atoms with Gasteiger partial charge in [-0.25, -0.2) is 0 Å². The van der Waals surface area contributed by atoms with Gasteiger partial charge in [0, 0.05) is 0 Å². The van der Waals surface area contributed by atoms with E-state index in [1.165, 1.54) is 53.7 Å². The second-order valence-electron chi connectivity index (χ2n) is 7.57. The number of ether oxygens (including phenoxy) is 1. The number of nitrogens with zero attached hydrogens (tertiary/aromatic N) is 1. The van der Waals surface area contributed by atoms with Crippen molar-refractivity contribution in [3.05, 3.63) is 57.4 Å². The molecule has 3 aromatic rings. The molecule has 1 aliphatic heterocycles. The molecule has 2 heterocycles. The Morgan fingerprint density at radius 2 is 1.54 bits per heavy atom. The zero-order valence-electron chi connectivity index (χ0n) is 16.6. The summed E-state index contributed by atoms with van der Waals surface area (Å²) in [5.74, 6) is 1.28. The first-order valence-corrected chi connectivity index (χ1v) is 11.9. The molecule has 1 aliphatic rings. The third-order valence-electron chi connectivity index (χ3n) is 5.53. The molecule has 4 heteroatoms. The van der Waals surface area contributed by atoms with Gasteiger partial charge in [-0.3, -0.25) is 0 Å². The summed E-state index contributed by atoms with van der Waals surface area (Å²) >= 11 is 0.367. The van der Waals surface area contributed by atoms with E-state index in [1.54, 1.807) is 6.07 Å². The van der Waals surface area contributed by atoms with Crippen molar-refractivity contribution in [3.63, 3.8) is 0 Å². The molecule has 0 unspecified atom stereocenters. The monoisotopic (exact) mass is 441 g/mol. The Hall–Kier alpha value is -2.00. The van der Waals surface area contributed by atoms with Crippen molar-refractivity contribution in [3.8, 4) is 33.8 Å². The fourth-order valence-corrected chi connectivity index (χ4v) is 5.77. The first-order chi connectivity index (χ1) is 13.6. The van der Waals surface area contributed by atoms with Crippen molar-refractivity contribution < 1.29 is 9.84 Å². The molecule has 0 saturated carbocycles. The van der Waals surface area contributed by atoms with Gasteiger partial charge in [-0.2, -0.15) is 0 Å². The number of hydrogen-bond donors (Lipinski definition) is 1. The van der Waals surface area contributed by atoms with Crippen LogP contribution in [-0.4, -0.2) is 50.8 Å². The molecular formula is C24H27NO2Se. The molecule has 0 amide bonds. The van der Waals surface area contributed by atoms with E-state index in [4.69, 9.17) is 4.74 Å². The minimum atomic E-state index is 0.322. The van der Waals surface area contributed by atoms with Crippen LogP contribution in [0, 0.1) is 13.8 Å². The first-order valence-electron chi connectivity index (χ1n) is 9.94. The van der Waals surface area contributed by atoms with E-state index in [0.717, 1.165) is 24.5 Å².